The van der Waals surface area contributed by atoms with Crippen molar-refractivity contribution in [3.63, 3.8) is 0 Å². The number of nitrogens with one attached hydrogen (secondary N) is 1. The van der Waals surface area contributed by atoms with E-state index in [9.17, 15) is 8.42 Å². The van der Waals surface area contributed by atoms with Crippen LogP contribution in [-0.2, 0) is 10.0 Å². The molecular weight excluding hydrogens is 296 g/mol. The van der Waals surface area contributed by atoms with Crippen LogP contribution < -0.4 is 4.72 Å². The smallest absolute Gasteiger partial charge is 0.241 e. The van der Waals surface area contributed by atoms with Crippen LogP contribution in [0.25, 0.3) is 10.8 Å². The normalized spacial score (nSPS) is 15.2. The maximum absolute atomic E-state index is 12.6. The van der Waals surface area contributed by atoms with Crippen molar-refractivity contribution in [2.75, 3.05) is 5.88 Å². The molecule has 1 atom stereocenters. The second kappa shape index (κ2) is 5.68. The van der Waals surface area contributed by atoms with Gasteiger partial charge in [-0.2, -0.15) is 0 Å². The molecule has 1 aromatic heterocycles. The Hall–Kier alpha value is -1.17. The van der Waals surface area contributed by atoms with Gasteiger partial charge in [0.25, 0.3) is 0 Å². The maximum Gasteiger partial charge on any atom is 0.241 e. The number of fused-ring (bicyclic) bond motifs is 1. The van der Waals surface area contributed by atoms with Gasteiger partial charge in [0.15, 0.2) is 0 Å². The summed E-state index contributed by atoms with van der Waals surface area (Å²) in [5.41, 5.74) is -0.657. The lowest BCUT2D eigenvalue weighted by Gasteiger charge is -2.26. The zero-order valence-corrected chi connectivity index (χ0v) is 13.0. The number of alkyl halides is 1. The van der Waals surface area contributed by atoms with Crippen LogP contribution in [0.1, 0.15) is 20.3 Å². The van der Waals surface area contributed by atoms with Gasteiger partial charge in [-0.3, -0.25) is 4.98 Å². The predicted molar refractivity (Wildman–Crippen MR) is 81.5 cm³/mol. The van der Waals surface area contributed by atoms with Gasteiger partial charge in [-0.1, -0.05) is 19.1 Å². The molecule has 1 N–H and O–H groups in total. The minimum Gasteiger partial charge on any atom is -0.264 e. The Morgan fingerprint density at radius 3 is 2.75 bits per heavy atom. The molecule has 0 aliphatic rings. The Morgan fingerprint density at radius 2 is 2.10 bits per heavy atom. The van der Waals surface area contributed by atoms with Gasteiger partial charge in [0.05, 0.1) is 4.90 Å². The van der Waals surface area contributed by atoms with Crippen LogP contribution in [0.3, 0.4) is 0 Å². The van der Waals surface area contributed by atoms with Gasteiger partial charge in [0.2, 0.25) is 10.0 Å². The Balaban J connectivity index is 2.53. The predicted octanol–water partition coefficient (Wildman–Crippen LogP) is 2.92. The van der Waals surface area contributed by atoms with E-state index in [1.54, 1.807) is 37.5 Å². The van der Waals surface area contributed by atoms with Crippen LogP contribution in [0.2, 0.25) is 0 Å². The summed E-state index contributed by atoms with van der Waals surface area (Å²) in [4.78, 5) is 4.26. The van der Waals surface area contributed by atoms with Crippen molar-refractivity contribution < 1.29 is 8.42 Å². The van der Waals surface area contributed by atoms with E-state index < -0.39 is 15.6 Å². The summed E-state index contributed by atoms with van der Waals surface area (Å²) in [6.45, 7) is 3.70. The summed E-state index contributed by atoms with van der Waals surface area (Å²) in [6.07, 6.45) is 3.85. The Bertz CT molecular complexity index is 707. The van der Waals surface area contributed by atoms with Gasteiger partial charge in [-0.15, -0.1) is 11.6 Å². The molecule has 2 aromatic rings. The summed E-state index contributed by atoms with van der Waals surface area (Å²) < 4.78 is 27.9. The van der Waals surface area contributed by atoms with E-state index in [1.807, 2.05) is 13.0 Å². The first kappa shape index (κ1) is 15.2. The average molecular weight is 313 g/mol. The molecule has 0 saturated heterocycles. The van der Waals surface area contributed by atoms with Gasteiger partial charge in [0, 0.05) is 34.6 Å². The molecule has 1 heterocycles. The van der Waals surface area contributed by atoms with Gasteiger partial charge in [0.1, 0.15) is 0 Å². The fraction of sp³-hybridized carbons (Fsp3) is 0.357. The van der Waals surface area contributed by atoms with Gasteiger partial charge in [-0.25, -0.2) is 13.1 Å². The zero-order chi connectivity index (χ0) is 14.8. The molecule has 108 valence electrons. The highest BCUT2D eigenvalue weighted by Gasteiger charge is 2.29. The average Bonchev–Trinajstić information content (AvgIpc) is 2.46. The third-order valence-electron chi connectivity index (χ3n) is 3.39. The molecule has 0 bridgehead atoms. The Kier molecular flexibility index (Phi) is 4.32. The second-order valence-corrected chi connectivity index (χ2v) is 6.92. The Morgan fingerprint density at radius 1 is 1.35 bits per heavy atom. The van der Waals surface area contributed by atoms with E-state index in [0.29, 0.717) is 11.8 Å². The molecule has 0 aliphatic heterocycles. The zero-order valence-electron chi connectivity index (χ0n) is 11.4. The number of nitrogens with zero attached hydrogens (tertiary/aromatic N) is 1. The number of rotatable bonds is 5. The summed E-state index contributed by atoms with van der Waals surface area (Å²) >= 11 is 5.88. The van der Waals surface area contributed by atoms with Crippen LogP contribution >= 0.6 is 11.6 Å². The molecule has 0 fully saturated rings. The molecule has 0 aliphatic carbocycles. The van der Waals surface area contributed by atoms with Crippen LogP contribution in [0, 0.1) is 0 Å². The quantitative estimate of drug-likeness (QED) is 0.864. The number of benzene rings is 1. The topological polar surface area (TPSA) is 59.1 Å². The van der Waals surface area contributed by atoms with E-state index in [-0.39, 0.29) is 10.8 Å². The summed E-state index contributed by atoms with van der Waals surface area (Å²) in [5, 5.41) is 1.45. The highest BCUT2D eigenvalue weighted by atomic mass is 35.5. The maximum atomic E-state index is 12.6. The van der Waals surface area contributed by atoms with E-state index in [2.05, 4.69) is 9.71 Å². The lowest BCUT2D eigenvalue weighted by Crippen LogP contribution is -2.46. The van der Waals surface area contributed by atoms with E-state index >= 15 is 0 Å². The molecule has 1 aromatic carbocycles. The summed E-state index contributed by atoms with van der Waals surface area (Å²) in [5.74, 6) is 0.217. The van der Waals surface area contributed by atoms with Crippen molar-refractivity contribution in [3.05, 3.63) is 36.7 Å². The monoisotopic (exact) mass is 312 g/mol. The highest BCUT2D eigenvalue weighted by molar-refractivity contribution is 7.89. The molecule has 0 spiro atoms. The summed E-state index contributed by atoms with van der Waals surface area (Å²) in [6, 6.07) is 6.84. The van der Waals surface area contributed by atoms with Crippen LogP contribution in [0.5, 0.6) is 0 Å². The minimum atomic E-state index is -3.63. The molecule has 0 saturated carbocycles. The van der Waals surface area contributed by atoms with Gasteiger partial charge < -0.3 is 0 Å². The number of halogens is 1. The number of aromatic nitrogens is 1. The van der Waals surface area contributed by atoms with Gasteiger partial charge in [-0.05, 0) is 25.5 Å². The molecular formula is C14H17ClN2O2S. The lowest BCUT2D eigenvalue weighted by atomic mass is 10.0. The Labute approximate surface area is 124 Å². The highest BCUT2D eigenvalue weighted by Crippen LogP contribution is 2.24. The molecule has 4 nitrogen and oxygen atoms in total. The van der Waals surface area contributed by atoms with Crippen LogP contribution in [0.15, 0.2) is 41.6 Å². The second-order valence-electron chi connectivity index (χ2n) is 5.01. The van der Waals surface area contributed by atoms with Crippen LogP contribution in [0.4, 0.5) is 0 Å². The van der Waals surface area contributed by atoms with Crippen molar-refractivity contribution in [3.8, 4) is 0 Å². The molecule has 1 unspecified atom stereocenters. The van der Waals surface area contributed by atoms with E-state index in [0.717, 1.165) is 5.39 Å². The molecule has 6 heteroatoms. The van der Waals surface area contributed by atoms with Crippen molar-refractivity contribution >= 4 is 32.4 Å². The largest absolute Gasteiger partial charge is 0.264 e. The third-order valence-corrected chi connectivity index (χ3v) is 5.67. The van der Waals surface area contributed by atoms with Crippen molar-refractivity contribution in [1.82, 2.24) is 9.71 Å². The van der Waals surface area contributed by atoms with Crippen molar-refractivity contribution in [2.45, 2.75) is 30.7 Å². The standard InChI is InChI=1S/C14H17ClN2O2S/c1-3-14(2,10-15)17-20(18,19)13-6-4-5-11-9-16-8-7-12(11)13/h4-9,17H,3,10H2,1-2H3. The lowest BCUT2D eigenvalue weighted by molar-refractivity contribution is 0.445. The van der Waals surface area contributed by atoms with E-state index in [1.165, 1.54) is 0 Å². The molecule has 20 heavy (non-hydrogen) atoms. The first-order valence-electron chi connectivity index (χ1n) is 6.34. The third kappa shape index (κ3) is 2.95. The van der Waals surface area contributed by atoms with Crippen molar-refractivity contribution in [2.24, 2.45) is 0 Å². The van der Waals surface area contributed by atoms with Crippen LogP contribution in [-0.4, -0.2) is 24.8 Å². The van der Waals surface area contributed by atoms with Crippen molar-refractivity contribution in [1.29, 1.82) is 0 Å². The molecule has 2 rings (SSSR count). The first-order chi connectivity index (χ1) is 9.42. The number of hydrogen-bond acceptors (Lipinski definition) is 3. The molecule has 0 radical (unpaired) electrons. The summed E-state index contributed by atoms with van der Waals surface area (Å²) in [7, 11) is -3.63. The number of hydrogen-bond donors (Lipinski definition) is 1. The SMILES string of the molecule is CCC(C)(CCl)NS(=O)(=O)c1cccc2cnccc12. The minimum absolute atomic E-state index is 0.217. The number of pyridine rings is 1. The van der Waals surface area contributed by atoms with Gasteiger partial charge >= 0.3 is 0 Å². The molecule has 0 amide bonds. The fourth-order valence-corrected chi connectivity index (χ4v) is 3.94. The fourth-order valence-electron chi connectivity index (χ4n) is 1.90. The first-order valence-corrected chi connectivity index (χ1v) is 8.36. The van der Waals surface area contributed by atoms with E-state index in [4.69, 9.17) is 11.6 Å². The number of sulfonamides is 1.